The number of rotatable bonds is 4. The van der Waals surface area contributed by atoms with Crippen LogP contribution < -0.4 is 0 Å². The molecule has 1 N–H and O–H groups in total. The monoisotopic (exact) mass is 207 g/mol. The lowest BCUT2D eigenvalue weighted by Gasteiger charge is -2.33. The van der Waals surface area contributed by atoms with E-state index in [1.165, 1.54) is 0 Å². The summed E-state index contributed by atoms with van der Waals surface area (Å²) < 4.78 is 0. The molecule has 15 heavy (non-hydrogen) atoms. The zero-order valence-corrected chi connectivity index (χ0v) is 10.1. The van der Waals surface area contributed by atoms with Gasteiger partial charge in [-0.3, -0.25) is 4.98 Å². The zero-order valence-electron chi connectivity index (χ0n) is 10.1. The molecule has 0 spiro atoms. The molecule has 0 aliphatic carbocycles. The van der Waals surface area contributed by atoms with Crippen LogP contribution in [0.4, 0.5) is 0 Å². The van der Waals surface area contributed by atoms with Crippen molar-refractivity contribution in [2.45, 2.75) is 39.5 Å². The molecule has 1 aromatic heterocycles. The number of pyridine rings is 1. The highest BCUT2D eigenvalue weighted by Gasteiger charge is 2.30. The molecule has 0 aromatic carbocycles. The van der Waals surface area contributed by atoms with Gasteiger partial charge in [-0.05, 0) is 24.0 Å². The number of aromatic nitrogens is 1. The molecule has 0 aliphatic heterocycles. The largest absolute Gasteiger partial charge is 0.396 e. The molecule has 1 rings (SSSR count). The van der Waals surface area contributed by atoms with Crippen molar-refractivity contribution < 1.29 is 5.11 Å². The number of aliphatic hydroxyl groups excluding tert-OH is 1. The molecular formula is C13H21NO. The molecule has 0 unspecified atom stereocenters. The summed E-state index contributed by atoms with van der Waals surface area (Å²) in [6.07, 6.45) is 2.75. The van der Waals surface area contributed by atoms with E-state index in [4.69, 9.17) is 0 Å². The van der Waals surface area contributed by atoms with E-state index in [-0.39, 0.29) is 17.4 Å². The van der Waals surface area contributed by atoms with Crippen LogP contribution in [0, 0.1) is 5.41 Å². The second kappa shape index (κ2) is 4.31. The molecule has 0 fully saturated rings. The summed E-state index contributed by atoms with van der Waals surface area (Å²) in [7, 11) is 0. The summed E-state index contributed by atoms with van der Waals surface area (Å²) in [5.41, 5.74) is 1.04. The molecule has 0 radical (unpaired) electrons. The van der Waals surface area contributed by atoms with E-state index in [2.05, 4.69) is 32.7 Å². The molecule has 0 saturated carbocycles. The van der Waals surface area contributed by atoms with Gasteiger partial charge in [0.1, 0.15) is 0 Å². The van der Waals surface area contributed by atoms with E-state index in [1.54, 1.807) is 0 Å². The van der Waals surface area contributed by atoms with Gasteiger partial charge in [-0.1, -0.05) is 33.8 Å². The van der Waals surface area contributed by atoms with E-state index in [0.29, 0.717) is 0 Å². The van der Waals surface area contributed by atoms with Gasteiger partial charge in [0.2, 0.25) is 0 Å². The first-order valence-electron chi connectivity index (χ1n) is 5.40. The first-order chi connectivity index (χ1) is 6.87. The van der Waals surface area contributed by atoms with Gasteiger partial charge in [-0.25, -0.2) is 0 Å². The summed E-state index contributed by atoms with van der Waals surface area (Å²) in [5, 5.41) is 9.28. The Balaban J connectivity index is 2.85. The maximum Gasteiger partial charge on any atom is 0.0482 e. The van der Waals surface area contributed by atoms with Crippen molar-refractivity contribution >= 4 is 0 Å². The second-order valence-corrected chi connectivity index (χ2v) is 5.60. The van der Waals surface area contributed by atoms with E-state index in [1.807, 2.05) is 24.4 Å². The lowest BCUT2D eigenvalue weighted by molar-refractivity contribution is 0.126. The molecule has 0 atom stereocenters. The molecule has 84 valence electrons. The lowest BCUT2D eigenvalue weighted by atomic mass is 9.73. The van der Waals surface area contributed by atoms with Gasteiger partial charge in [-0.15, -0.1) is 0 Å². The molecule has 2 nitrogen and oxygen atoms in total. The average molecular weight is 207 g/mol. The highest BCUT2D eigenvalue weighted by molar-refractivity contribution is 5.15. The Kier molecular flexibility index (Phi) is 3.50. The molecule has 0 bridgehead atoms. The van der Waals surface area contributed by atoms with Crippen LogP contribution in [-0.2, 0) is 5.41 Å². The number of nitrogens with zero attached hydrogens (tertiary/aromatic N) is 1. The molecule has 2 heteroatoms. The van der Waals surface area contributed by atoms with Crippen LogP contribution >= 0.6 is 0 Å². The lowest BCUT2D eigenvalue weighted by Crippen LogP contribution is -2.29. The van der Waals surface area contributed by atoms with Crippen LogP contribution in [-0.4, -0.2) is 16.7 Å². The van der Waals surface area contributed by atoms with Crippen molar-refractivity contribution in [1.29, 1.82) is 0 Å². The standard InChI is InChI=1S/C13H21NO/c1-12(2,10-15)9-13(3,4)11-7-5-6-8-14-11/h5-8,15H,9-10H2,1-4H3. The molecule has 1 heterocycles. The molecule has 0 aliphatic rings. The fraction of sp³-hybridized carbons (Fsp3) is 0.615. The smallest absolute Gasteiger partial charge is 0.0482 e. The van der Waals surface area contributed by atoms with Gasteiger partial charge in [0.15, 0.2) is 0 Å². The SMILES string of the molecule is CC(C)(CO)CC(C)(C)c1ccccn1. The van der Waals surface area contributed by atoms with Crippen molar-refractivity contribution in [3.63, 3.8) is 0 Å². The van der Waals surface area contributed by atoms with Gasteiger partial charge in [0, 0.05) is 23.9 Å². The van der Waals surface area contributed by atoms with E-state index >= 15 is 0 Å². The fourth-order valence-corrected chi connectivity index (χ4v) is 2.11. The fourth-order valence-electron chi connectivity index (χ4n) is 2.11. The minimum atomic E-state index is -0.0545. The zero-order chi connectivity index (χ0) is 11.5. The number of aliphatic hydroxyl groups is 1. The van der Waals surface area contributed by atoms with Crippen LogP contribution in [0.2, 0.25) is 0 Å². The Bertz CT molecular complexity index is 304. The van der Waals surface area contributed by atoms with Crippen LogP contribution in [0.3, 0.4) is 0 Å². The maximum atomic E-state index is 9.28. The van der Waals surface area contributed by atoms with E-state index in [0.717, 1.165) is 12.1 Å². The van der Waals surface area contributed by atoms with Crippen LogP contribution in [0.1, 0.15) is 39.8 Å². The normalized spacial score (nSPS) is 12.9. The van der Waals surface area contributed by atoms with Crippen LogP contribution in [0.25, 0.3) is 0 Å². The van der Waals surface area contributed by atoms with Gasteiger partial charge in [0.05, 0.1) is 0 Å². The minimum absolute atomic E-state index is 0.00743. The summed E-state index contributed by atoms with van der Waals surface area (Å²) in [6, 6.07) is 5.99. The molecular weight excluding hydrogens is 186 g/mol. The van der Waals surface area contributed by atoms with E-state index in [9.17, 15) is 5.11 Å². The number of hydrogen-bond acceptors (Lipinski definition) is 2. The minimum Gasteiger partial charge on any atom is -0.396 e. The third-order valence-corrected chi connectivity index (χ3v) is 2.71. The highest BCUT2D eigenvalue weighted by atomic mass is 16.3. The highest BCUT2D eigenvalue weighted by Crippen LogP contribution is 2.34. The Morgan fingerprint density at radius 3 is 2.33 bits per heavy atom. The molecule has 0 amide bonds. The molecule has 1 aromatic rings. The van der Waals surface area contributed by atoms with Crippen molar-refractivity contribution in [2.24, 2.45) is 5.41 Å². The third-order valence-electron chi connectivity index (χ3n) is 2.71. The maximum absolute atomic E-state index is 9.28. The number of hydrogen-bond donors (Lipinski definition) is 1. The van der Waals surface area contributed by atoms with Gasteiger partial charge in [-0.2, -0.15) is 0 Å². The molecule has 0 saturated heterocycles. The first-order valence-corrected chi connectivity index (χ1v) is 5.40. The third kappa shape index (κ3) is 3.31. The Labute approximate surface area is 92.4 Å². The quantitative estimate of drug-likeness (QED) is 0.823. The van der Waals surface area contributed by atoms with E-state index < -0.39 is 0 Å². The van der Waals surface area contributed by atoms with Crippen molar-refractivity contribution in [3.8, 4) is 0 Å². The van der Waals surface area contributed by atoms with Crippen LogP contribution in [0.5, 0.6) is 0 Å². The topological polar surface area (TPSA) is 33.1 Å². The predicted octanol–water partition coefficient (Wildman–Crippen LogP) is 2.77. The summed E-state index contributed by atoms with van der Waals surface area (Å²) in [4.78, 5) is 4.39. The van der Waals surface area contributed by atoms with Gasteiger partial charge in [0.25, 0.3) is 0 Å². The Morgan fingerprint density at radius 2 is 1.87 bits per heavy atom. The second-order valence-electron chi connectivity index (χ2n) is 5.60. The first kappa shape index (κ1) is 12.2. The van der Waals surface area contributed by atoms with Gasteiger partial charge < -0.3 is 5.11 Å². The average Bonchev–Trinajstić information content (AvgIpc) is 2.18. The Morgan fingerprint density at radius 1 is 1.20 bits per heavy atom. The summed E-state index contributed by atoms with van der Waals surface area (Å²) in [6.45, 7) is 8.72. The van der Waals surface area contributed by atoms with Gasteiger partial charge >= 0.3 is 0 Å². The Hall–Kier alpha value is -0.890. The predicted molar refractivity (Wildman–Crippen MR) is 62.7 cm³/mol. The van der Waals surface area contributed by atoms with Crippen molar-refractivity contribution in [2.75, 3.05) is 6.61 Å². The van der Waals surface area contributed by atoms with Crippen molar-refractivity contribution in [1.82, 2.24) is 4.98 Å². The summed E-state index contributed by atoms with van der Waals surface area (Å²) >= 11 is 0. The summed E-state index contributed by atoms with van der Waals surface area (Å²) in [5.74, 6) is 0. The van der Waals surface area contributed by atoms with Crippen LogP contribution in [0.15, 0.2) is 24.4 Å². The van der Waals surface area contributed by atoms with Crippen molar-refractivity contribution in [3.05, 3.63) is 30.1 Å².